The lowest BCUT2D eigenvalue weighted by molar-refractivity contribution is -0.137. The van der Waals surface area contributed by atoms with Crippen LogP contribution in [0.2, 0.25) is 5.02 Å². The van der Waals surface area contributed by atoms with Crippen LogP contribution in [0.1, 0.15) is 49.9 Å². The van der Waals surface area contributed by atoms with Crippen molar-refractivity contribution in [2.75, 3.05) is 11.4 Å². The van der Waals surface area contributed by atoms with E-state index in [1.165, 1.54) is 11.3 Å². The molecular weight excluding hydrogens is 411 g/mol. The lowest BCUT2D eigenvalue weighted by Gasteiger charge is -2.25. The fourth-order valence-corrected chi connectivity index (χ4v) is 4.46. The summed E-state index contributed by atoms with van der Waals surface area (Å²) in [6.07, 6.45) is -2.18. The molecule has 2 aromatic rings. The standard InChI is InChI=1S/C19H21ClF3N3OS/c1-18(2,3)15-10-28-16(25-15)8-14(27)13-5-4-6-26(13)17-12(20)7-11(9-24-17)19(21,22)23/h7,9-10,13H,4-6,8H2,1-3H3/t13-/m0/s1. The summed E-state index contributed by atoms with van der Waals surface area (Å²) >= 11 is 7.52. The molecule has 0 amide bonds. The number of hydrogen-bond acceptors (Lipinski definition) is 5. The highest BCUT2D eigenvalue weighted by atomic mass is 35.5. The Morgan fingerprint density at radius 3 is 2.64 bits per heavy atom. The second kappa shape index (κ2) is 7.63. The molecule has 9 heteroatoms. The summed E-state index contributed by atoms with van der Waals surface area (Å²) in [5.41, 5.74) is -0.0497. The van der Waals surface area contributed by atoms with Crippen molar-refractivity contribution in [2.24, 2.45) is 0 Å². The van der Waals surface area contributed by atoms with Gasteiger partial charge in [-0.2, -0.15) is 13.2 Å². The summed E-state index contributed by atoms with van der Waals surface area (Å²) in [5.74, 6) is 0.199. The van der Waals surface area contributed by atoms with Crippen molar-refractivity contribution in [1.82, 2.24) is 9.97 Å². The minimum Gasteiger partial charge on any atom is -0.345 e. The molecule has 0 unspecified atom stereocenters. The van der Waals surface area contributed by atoms with Crippen LogP contribution in [0.15, 0.2) is 17.6 Å². The number of pyridine rings is 1. The molecule has 1 saturated heterocycles. The maximum atomic E-state index is 12.9. The van der Waals surface area contributed by atoms with Crippen molar-refractivity contribution < 1.29 is 18.0 Å². The fraction of sp³-hybridized carbons (Fsp3) is 0.526. The van der Waals surface area contributed by atoms with Crippen LogP contribution in [0.25, 0.3) is 0 Å². The Hall–Kier alpha value is -1.67. The van der Waals surface area contributed by atoms with Gasteiger partial charge in [0.25, 0.3) is 0 Å². The third-order valence-corrected chi connectivity index (χ3v) is 5.82. The smallest absolute Gasteiger partial charge is 0.345 e. The van der Waals surface area contributed by atoms with Crippen molar-refractivity contribution >= 4 is 34.5 Å². The summed E-state index contributed by atoms with van der Waals surface area (Å²) in [5, 5.41) is 2.61. The minimum atomic E-state index is -4.51. The van der Waals surface area contributed by atoms with Crippen LogP contribution in [0.5, 0.6) is 0 Å². The molecule has 3 heterocycles. The largest absolute Gasteiger partial charge is 0.417 e. The van der Waals surface area contributed by atoms with E-state index in [0.717, 1.165) is 29.4 Å². The summed E-state index contributed by atoms with van der Waals surface area (Å²) < 4.78 is 38.5. The molecule has 0 N–H and O–H groups in total. The first-order valence-corrected chi connectivity index (χ1v) is 10.2. The number of nitrogens with zero attached hydrogens (tertiary/aromatic N) is 3. The monoisotopic (exact) mass is 431 g/mol. The van der Waals surface area contributed by atoms with E-state index in [4.69, 9.17) is 11.6 Å². The van der Waals surface area contributed by atoms with Gasteiger partial charge in [-0.3, -0.25) is 4.79 Å². The number of ketones is 1. The Balaban J connectivity index is 1.77. The molecule has 0 saturated carbocycles. The molecule has 4 nitrogen and oxygen atoms in total. The lowest BCUT2D eigenvalue weighted by Crippen LogP contribution is -2.37. The van der Waals surface area contributed by atoms with E-state index < -0.39 is 17.8 Å². The summed E-state index contributed by atoms with van der Waals surface area (Å²) in [4.78, 5) is 23.1. The molecular formula is C19H21ClF3N3OS. The summed E-state index contributed by atoms with van der Waals surface area (Å²) in [6.45, 7) is 6.71. The minimum absolute atomic E-state index is 0.0231. The van der Waals surface area contributed by atoms with Gasteiger partial charge in [0.1, 0.15) is 10.8 Å². The van der Waals surface area contributed by atoms with Gasteiger partial charge in [-0.25, -0.2) is 9.97 Å². The van der Waals surface area contributed by atoms with Gasteiger partial charge in [-0.15, -0.1) is 11.3 Å². The average Bonchev–Trinajstić information content (AvgIpc) is 3.22. The summed E-state index contributed by atoms with van der Waals surface area (Å²) in [6, 6.07) is 0.406. The maximum absolute atomic E-state index is 12.9. The van der Waals surface area contributed by atoms with Crippen LogP contribution in [0.3, 0.4) is 0 Å². The third kappa shape index (κ3) is 4.49. The molecule has 152 valence electrons. The maximum Gasteiger partial charge on any atom is 0.417 e. The van der Waals surface area contributed by atoms with Gasteiger partial charge in [0.15, 0.2) is 5.78 Å². The van der Waals surface area contributed by atoms with Crippen molar-refractivity contribution in [2.45, 2.75) is 57.7 Å². The van der Waals surface area contributed by atoms with Gasteiger partial charge in [0.05, 0.1) is 28.7 Å². The predicted molar refractivity (Wildman–Crippen MR) is 104 cm³/mol. The molecule has 0 radical (unpaired) electrons. The SMILES string of the molecule is CC(C)(C)c1csc(CC(=O)[C@@H]2CCCN2c2ncc(C(F)(F)F)cc2Cl)n1. The fourth-order valence-electron chi connectivity index (χ4n) is 3.16. The van der Waals surface area contributed by atoms with Crippen LogP contribution in [0.4, 0.5) is 19.0 Å². The Morgan fingerprint density at radius 2 is 2.07 bits per heavy atom. The van der Waals surface area contributed by atoms with Crippen LogP contribution in [-0.2, 0) is 22.8 Å². The first-order valence-electron chi connectivity index (χ1n) is 8.94. The number of anilines is 1. The van der Waals surface area contributed by atoms with Crippen molar-refractivity contribution in [1.29, 1.82) is 0 Å². The molecule has 28 heavy (non-hydrogen) atoms. The van der Waals surface area contributed by atoms with E-state index in [2.05, 4.69) is 30.7 Å². The molecule has 2 aromatic heterocycles. The van der Waals surface area contributed by atoms with Gasteiger partial charge in [-0.1, -0.05) is 32.4 Å². The Morgan fingerprint density at radius 1 is 1.36 bits per heavy atom. The Labute approximate surface area is 170 Å². The van der Waals surface area contributed by atoms with Crippen LogP contribution in [-0.4, -0.2) is 28.3 Å². The third-order valence-electron chi connectivity index (χ3n) is 4.69. The molecule has 3 rings (SSSR count). The molecule has 0 aliphatic carbocycles. The zero-order chi connectivity index (χ0) is 20.7. The van der Waals surface area contributed by atoms with Gasteiger partial charge in [0.2, 0.25) is 0 Å². The zero-order valence-corrected chi connectivity index (χ0v) is 17.4. The number of rotatable bonds is 4. The first-order chi connectivity index (χ1) is 13.0. The van der Waals surface area contributed by atoms with Gasteiger partial charge >= 0.3 is 6.18 Å². The van der Waals surface area contributed by atoms with Crippen molar-refractivity contribution in [3.63, 3.8) is 0 Å². The quantitative estimate of drug-likeness (QED) is 0.660. The van der Waals surface area contributed by atoms with Crippen molar-refractivity contribution in [3.05, 3.63) is 38.9 Å². The zero-order valence-electron chi connectivity index (χ0n) is 15.8. The van der Waals surface area contributed by atoms with Crippen LogP contribution < -0.4 is 4.90 Å². The number of hydrogen-bond donors (Lipinski definition) is 0. The van der Waals surface area contributed by atoms with Gasteiger partial charge < -0.3 is 4.90 Å². The van der Waals surface area contributed by atoms with Gasteiger partial charge in [0, 0.05) is 23.5 Å². The number of aromatic nitrogens is 2. The number of carbonyl (C=O) groups excluding carboxylic acids is 1. The highest BCUT2D eigenvalue weighted by Crippen LogP contribution is 2.36. The van der Waals surface area contributed by atoms with Crippen LogP contribution in [0, 0.1) is 0 Å². The van der Waals surface area contributed by atoms with E-state index in [9.17, 15) is 18.0 Å². The molecule has 1 fully saturated rings. The lowest BCUT2D eigenvalue weighted by atomic mass is 9.93. The first kappa shape index (κ1) is 21.0. The van der Waals surface area contributed by atoms with E-state index in [-0.39, 0.29) is 28.5 Å². The topological polar surface area (TPSA) is 46.1 Å². The van der Waals surface area contributed by atoms with Gasteiger partial charge in [-0.05, 0) is 18.9 Å². The van der Waals surface area contributed by atoms with Crippen molar-refractivity contribution in [3.8, 4) is 0 Å². The highest BCUT2D eigenvalue weighted by molar-refractivity contribution is 7.09. The number of halogens is 4. The van der Waals surface area contributed by atoms with Crippen LogP contribution >= 0.6 is 22.9 Å². The molecule has 1 atom stereocenters. The van der Waals surface area contributed by atoms with E-state index in [1.807, 2.05) is 5.38 Å². The molecule has 0 bridgehead atoms. The Bertz CT molecular complexity index is 876. The second-order valence-corrected chi connectivity index (χ2v) is 9.25. The van der Waals surface area contributed by atoms with E-state index >= 15 is 0 Å². The molecule has 1 aliphatic rings. The highest BCUT2D eigenvalue weighted by Gasteiger charge is 2.35. The molecule has 0 spiro atoms. The molecule has 0 aromatic carbocycles. The number of carbonyl (C=O) groups is 1. The number of alkyl halides is 3. The second-order valence-electron chi connectivity index (χ2n) is 7.90. The average molecular weight is 432 g/mol. The number of thiazole rings is 1. The summed E-state index contributed by atoms with van der Waals surface area (Å²) in [7, 11) is 0. The number of Topliss-reactive ketones (excluding diaryl/α,β-unsaturated/α-hetero) is 1. The predicted octanol–water partition coefficient (Wildman–Crippen LogP) is 5.29. The van der Waals surface area contributed by atoms with E-state index in [1.54, 1.807) is 4.90 Å². The molecule has 1 aliphatic heterocycles. The normalized spacial score (nSPS) is 18.0. The van der Waals surface area contributed by atoms with E-state index in [0.29, 0.717) is 13.0 Å². The Kier molecular flexibility index (Phi) is 5.74.